The van der Waals surface area contributed by atoms with Crippen LogP contribution in [-0.2, 0) is 9.53 Å². The van der Waals surface area contributed by atoms with E-state index in [-0.39, 0.29) is 24.2 Å². The van der Waals surface area contributed by atoms with Crippen LogP contribution in [0.3, 0.4) is 0 Å². The fraction of sp³-hybridized carbons (Fsp3) is 0.250. The van der Waals surface area contributed by atoms with Crippen molar-refractivity contribution in [3.8, 4) is 11.5 Å². The highest BCUT2D eigenvalue weighted by molar-refractivity contribution is 5.97. The molecule has 118 valence electrons. The number of cyclic esters (lactones) is 1. The summed E-state index contributed by atoms with van der Waals surface area (Å²) in [5, 5.41) is 20.2. The molecule has 0 amide bonds. The Kier molecular flexibility index (Phi) is 2.84. The smallest absolute Gasteiger partial charge is 0.337 e. The highest BCUT2D eigenvalue weighted by Crippen LogP contribution is 2.46. The fourth-order valence-electron chi connectivity index (χ4n) is 3.19. The Balaban J connectivity index is 1.94. The van der Waals surface area contributed by atoms with Crippen molar-refractivity contribution >= 4 is 11.8 Å². The number of methoxy groups -OCH3 is 1. The van der Waals surface area contributed by atoms with Crippen LogP contribution in [0.25, 0.3) is 0 Å². The van der Waals surface area contributed by atoms with E-state index < -0.39 is 0 Å². The number of hydrogen-bond donors (Lipinski definition) is 3. The quantitative estimate of drug-likeness (QED) is 0.732. The molecule has 1 atom stereocenters. The van der Waals surface area contributed by atoms with Crippen molar-refractivity contribution in [3.63, 3.8) is 0 Å². The molecule has 2 aliphatic rings. The second kappa shape index (κ2) is 4.77. The van der Waals surface area contributed by atoms with E-state index in [1.165, 1.54) is 7.11 Å². The molecule has 0 fully saturated rings. The lowest BCUT2D eigenvalue weighted by Crippen LogP contribution is -2.19. The predicted octanol–water partition coefficient (Wildman–Crippen LogP) is 1.80. The first-order chi connectivity index (χ1) is 11.1. The normalized spacial score (nSPS) is 19.0. The van der Waals surface area contributed by atoms with Crippen LogP contribution in [0.5, 0.6) is 11.5 Å². The lowest BCUT2D eigenvalue weighted by molar-refractivity contribution is -0.136. The number of aromatic amines is 1. The molecule has 1 unspecified atom stereocenters. The number of phenolic OH excluding ortho intramolecular Hbond substituents is 1. The Morgan fingerprint density at radius 3 is 3.04 bits per heavy atom. The number of ether oxygens (including phenoxy) is 2. The molecule has 3 N–H and O–H groups in total. The number of H-pyrrole nitrogens is 1. The van der Waals surface area contributed by atoms with Crippen LogP contribution in [0.15, 0.2) is 29.5 Å². The van der Waals surface area contributed by atoms with Crippen LogP contribution in [-0.4, -0.2) is 35.0 Å². The molecule has 4 rings (SSSR count). The molecule has 0 radical (unpaired) electrons. The summed E-state index contributed by atoms with van der Waals surface area (Å²) in [6.07, 6.45) is 0. The minimum Gasteiger partial charge on any atom is -0.504 e. The number of aromatic nitrogens is 2. The standard InChI is InChI=1S/C16H15N3O4/c1-7-12-13(8-3-4-10(20)11(5-8)22-2)14-9(6-23-16(14)21)17-15(12)19-18-7/h3-5,13,20H,6H2,1-2H3,(H2,17,18,19). The number of aromatic hydroxyl groups is 1. The van der Waals surface area contributed by atoms with Gasteiger partial charge in [0.05, 0.1) is 18.4 Å². The molecule has 0 aliphatic carbocycles. The van der Waals surface area contributed by atoms with Gasteiger partial charge in [-0.3, -0.25) is 5.10 Å². The van der Waals surface area contributed by atoms with Crippen molar-refractivity contribution in [3.05, 3.63) is 46.3 Å². The summed E-state index contributed by atoms with van der Waals surface area (Å²) >= 11 is 0. The van der Waals surface area contributed by atoms with Crippen molar-refractivity contribution in [2.45, 2.75) is 12.8 Å². The molecule has 2 aromatic rings. The zero-order valence-electron chi connectivity index (χ0n) is 12.6. The minimum absolute atomic E-state index is 0.0533. The first-order valence-electron chi connectivity index (χ1n) is 7.19. The SMILES string of the molecule is COc1cc(C2C3=C(COC3=O)Nc3n[nH]c(C)c32)ccc1O. The second-order valence-electron chi connectivity index (χ2n) is 5.57. The third-order valence-electron chi connectivity index (χ3n) is 4.27. The number of esters is 1. The molecule has 1 aromatic carbocycles. The lowest BCUT2D eigenvalue weighted by Gasteiger charge is -2.24. The van der Waals surface area contributed by atoms with E-state index in [1.807, 2.05) is 6.92 Å². The van der Waals surface area contributed by atoms with Crippen LogP contribution in [0.1, 0.15) is 22.7 Å². The largest absolute Gasteiger partial charge is 0.504 e. The van der Waals surface area contributed by atoms with Crippen LogP contribution >= 0.6 is 0 Å². The van der Waals surface area contributed by atoms with Gasteiger partial charge >= 0.3 is 5.97 Å². The molecule has 7 nitrogen and oxygen atoms in total. The lowest BCUT2D eigenvalue weighted by atomic mass is 9.82. The van der Waals surface area contributed by atoms with E-state index in [2.05, 4.69) is 15.5 Å². The number of hydrogen-bond acceptors (Lipinski definition) is 6. The molecular formula is C16H15N3O4. The first kappa shape index (κ1) is 13.7. The molecule has 7 heteroatoms. The van der Waals surface area contributed by atoms with E-state index >= 15 is 0 Å². The van der Waals surface area contributed by atoms with Crippen molar-refractivity contribution in [1.82, 2.24) is 10.2 Å². The van der Waals surface area contributed by atoms with Crippen LogP contribution in [0.4, 0.5) is 5.82 Å². The average Bonchev–Trinajstić information content (AvgIpc) is 3.10. The van der Waals surface area contributed by atoms with Crippen LogP contribution in [0, 0.1) is 6.92 Å². The minimum atomic E-state index is -0.337. The van der Waals surface area contributed by atoms with Gasteiger partial charge in [-0.05, 0) is 24.6 Å². The van der Waals surface area contributed by atoms with Gasteiger partial charge in [-0.1, -0.05) is 6.07 Å². The van der Waals surface area contributed by atoms with Crippen molar-refractivity contribution in [1.29, 1.82) is 0 Å². The molecule has 0 saturated carbocycles. The number of phenols is 1. The van der Waals surface area contributed by atoms with Crippen LogP contribution in [0.2, 0.25) is 0 Å². The summed E-state index contributed by atoms with van der Waals surface area (Å²) in [5.74, 6) is 0.451. The molecule has 1 aromatic heterocycles. The Morgan fingerprint density at radius 2 is 2.26 bits per heavy atom. The van der Waals surface area contributed by atoms with E-state index in [0.717, 1.165) is 22.5 Å². The molecule has 23 heavy (non-hydrogen) atoms. The summed E-state index contributed by atoms with van der Waals surface area (Å²) in [5.41, 5.74) is 3.91. The summed E-state index contributed by atoms with van der Waals surface area (Å²) in [7, 11) is 1.49. The number of carbonyl (C=O) groups is 1. The summed E-state index contributed by atoms with van der Waals surface area (Å²) < 4.78 is 10.4. The van der Waals surface area contributed by atoms with E-state index in [0.29, 0.717) is 17.1 Å². The first-order valence-corrected chi connectivity index (χ1v) is 7.19. The highest BCUT2D eigenvalue weighted by Gasteiger charge is 2.40. The molecule has 0 spiro atoms. The molecule has 0 saturated heterocycles. The Hall–Kier alpha value is -2.96. The average molecular weight is 313 g/mol. The number of fused-ring (bicyclic) bond motifs is 1. The maximum absolute atomic E-state index is 12.2. The number of aryl methyl sites for hydroxylation is 1. The zero-order chi connectivity index (χ0) is 16.1. The maximum Gasteiger partial charge on any atom is 0.337 e. The summed E-state index contributed by atoms with van der Waals surface area (Å²) in [6.45, 7) is 2.12. The number of nitrogens with one attached hydrogen (secondary N) is 2. The van der Waals surface area contributed by atoms with Gasteiger partial charge in [0.15, 0.2) is 17.3 Å². The third-order valence-corrected chi connectivity index (χ3v) is 4.27. The Morgan fingerprint density at radius 1 is 1.43 bits per heavy atom. The number of anilines is 1. The zero-order valence-corrected chi connectivity index (χ0v) is 12.6. The highest BCUT2D eigenvalue weighted by atomic mass is 16.5. The molecular weight excluding hydrogens is 298 g/mol. The molecule has 2 aliphatic heterocycles. The second-order valence-corrected chi connectivity index (χ2v) is 5.57. The number of benzene rings is 1. The van der Waals surface area contributed by atoms with Crippen LogP contribution < -0.4 is 10.1 Å². The Labute approximate surface area is 131 Å². The molecule has 3 heterocycles. The fourth-order valence-corrected chi connectivity index (χ4v) is 3.19. The third kappa shape index (κ3) is 1.89. The topological polar surface area (TPSA) is 96.5 Å². The van der Waals surface area contributed by atoms with E-state index in [1.54, 1.807) is 18.2 Å². The van der Waals surface area contributed by atoms with Gasteiger partial charge in [0.2, 0.25) is 0 Å². The maximum atomic E-state index is 12.2. The van der Waals surface area contributed by atoms with Crippen molar-refractivity contribution in [2.75, 3.05) is 19.0 Å². The van der Waals surface area contributed by atoms with Gasteiger partial charge in [-0.15, -0.1) is 0 Å². The monoisotopic (exact) mass is 313 g/mol. The number of rotatable bonds is 2. The van der Waals surface area contributed by atoms with Gasteiger partial charge in [0.1, 0.15) is 6.61 Å². The van der Waals surface area contributed by atoms with Gasteiger partial charge in [-0.2, -0.15) is 5.10 Å². The van der Waals surface area contributed by atoms with Gasteiger partial charge in [-0.25, -0.2) is 4.79 Å². The van der Waals surface area contributed by atoms with Gasteiger partial charge < -0.3 is 19.9 Å². The van der Waals surface area contributed by atoms with Gasteiger partial charge in [0.25, 0.3) is 0 Å². The summed E-state index contributed by atoms with van der Waals surface area (Å²) in [4.78, 5) is 12.2. The number of nitrogens with zero attached hydrogens (tertiary/aromatic N) is 1. The summed E-state index contributed by atoms with van der Waals surface area (Å²) in [6, 6.07) is 5.07. The predicted molar refractivity (Wildman–Crippen MR) is 81.4 cm³/mol. The van der Waals surface area contributed by atoms with E-state index in [4.69, 9.17) is 9.47 Å². The number of carbonyl (C=O) groups excluding carboxylic acids is 1. The van der Waals surface area contributed by atoms with Crippen molar-refractivity contribution in [2.24, 2.45) is 0 Å². The van der Waals surface area contributed by atoms with Crippen molar-refractivity contribution < 1.29 is 19.4 Å². The Bertz CT molecular complexity index is 853. The van der Waals surface area contributed by atoms with Gasteiger partial charge in [0, 0.05) is 17.2 Å². The van der Waals surface area contributed by atoms with E-state index in [9.17, 15) is 9.90 Å². The molecule has 0 bridgehead atoms.